The smallest absolute Gasteiger partial charge is 0.338 e. The third-order valence-electron chi connectivity index (χ3n) is 14.4. The minimum Gasteiger partial charge on any atom is -0.459 e. The molecule has 0 aromatic heterocycles. The third kappa shape index (κ3) is 7.54. The Morgan fingerprint density at radius 3 is 2.08 bits per heavy atom. The first-order valence-corrected chi connectivity index (χ1v) is 21.4. The molecule has 0 spiro atoms. The number of hydrogen-bond donors (Lipinski definition) is 4. The molecular weight excluding hydrogens is 803 g/mol. The van der Waals surface area contributed by atoms with Gasteiger partial charge in [0.25, 0.3) is 5.91 Å². The Kier molecular flexibility index (Phi) is 12.3. The van der Waals surface area contributed by atoms with E-state index in [0.717, 1.165) is 26.2 Å². The Morgan fingerprint density at radius 1 is 0.871 bits per heavy atom. The summed E-state index contributed by atoms with van der Waals surface area (Å²) in [5.74, 6) is -6.92. The minimum absolute atomic E-state index is 0.0369. The van der Waals surface area contributed by atoms with Gasteiger partial charge in [0, 0.05) is 37.7 Å². The highest BCUT2D eigenvalue weighted by Gasteiger charge is 2.78. The summed E-state index contributed by atoms with van der Waals surface area (Å²) in [6, 6.07) is 15.2. The molecular formula is C47H57NO14. The van der Waals surface area contributed by atoms with Crippen molar-refractivity contribution < 1.29 is 67.8 Å². The summed E-state index contributed by atoms with van der Waals surface area (Å²) in [6.45, 7) is 8.20. The molecule has 4 aliphatic carbocycles. The monoisotopic (exact) mass is 859 g/mol. The first-order chi connectivity index (χ1) is 29.3. The van der Waals surface area contributed by atoms with Crippen molar-refractivity contribution in [2.24, 2.45) is 22.7 Å². The molecule has 0 radical (unpaired) electrons. The standard InChI is InChI=1S/C47H57NO14/c1-25-31(60-43(56)36(52)35(28-16-10-7-11-17-28)48-41(54)29-18-12-8-13-19-29)23-47(57)40(61-42(55)30-20-14-9-15-21-30)38-45(6,32(51)22-33-46(38,24-58-33)62-27(3)50)39(53)37(59-26(2)49)34(25)44(47,4)5/h7-8,10-13,16-19,30-33,35-38,40,51-52,57H,9,14-15,20-24H2,1-6H3,(H,48,54)/t31-,32-,33?,35-,36+,37+,38-,40-,45+,46-,47+/m0/s1. The van der Waals surface area contributed by atoms with Gasteiger partial charge in [-0.1, -0.05) is 81.6 Å². The number of aliphatic hydroxyl groups excluding tert-OH is 2. The zero-order valence-corrected chi connectivity index (χ0v) is 36.0. The number of nitrogens with one attached hydrogen (secondary N) is 1. The Balaban J connectivity index is 1.37. The van der Waals surface area contributed by atoms with E-state index in [1.54, 1.807) is 81.4 Å². The van der Waals surface area contributed by atoms with E-state index in [1.165, 1.54) is 13.8 Å². The lowest BCUT2D eigenvalue weighted by atomic mass is 9.44. The molecule has 11 atom stereocenters. The van der Waals surface area contributed by atoms with Crippen LogP contribution in [0.25, 0.3) is 0 Å². The van der Waals surface area contributed by atoms with Gasteiger partial charge in [0.2, 0.25) is 0 Å². The lowest BCUT2D eigenvalue weighted by Crippen LogP contribution is -2.82. The number of carbonyl (C=O) groups is 6. The first-order valence-electron chi connectivity index (χ1n) is 21.4. The van der Waals surface area contributed by atoms with Crippen LogP contribution < -0.4 is 5.32 Å². The molecule has 334 valence electrons. The number of amides is 1. The average Bonchev–Trinajstić information content (AvgIpc) is 3.24. The number of ketones is 1. The average molecular weight is 860 g/mol. The van der Waals surface area contributed by atoms with Crippen molar-refractivity contribution in [3.05, 3.63) is 82.9 Å². The van der Waals surface area contributed by atoms with E-state index in [-0.39, 0.29) is 29.7 Å². The summed E-state index contributed by atoms with van der Waals surface area (Å²) in [6.07, 6.45) is -6.69. The Morgan fingerprint density at radius 2 is 1.50 bits per heavy atom. The topological polar surface area (TPSA) is 221 Å². The SMILES string of the molecule is CC(=O)O[C@H]1C(=O)[C@]2(C)[C@@H](O)CC3OC[C@@]3(OC(C)=O)[C@H]2[C@H](OC(=O)C2CCCCC2)[C@]2(O)C[C@H](OC(=O)[C@H](O)[C@@H](NC(=O)c3ccccc3)c3ccccc3)C(C)=C1C2(C)C. The van der Waals surface area contributed by atoms with Gasteiger partial charge in [0.1, 0.15) is 23.9 Å². The molecule has 1 saturated heterocycles. The van der Waals surface area contributed by atoms with E-state index >= 15 is 4.79 Å². The quantitative estimate of drug-likeness (QED) is 0.151. The summed E-state index contributed by atoms with van der Waals surface area (Å²) < 4.78 is 30.6. The van der Waals surface area contributed by atoms with E-state index in [4.69, 9.17) is 23.7 Å². The van der Waals surface area contributed by atoms with Crippen LogP contribution in [0.4, 0.5) is 0 Å². The molecule has 4 fully saturated rings. The number of hydrogen-bond acceptors (Lipinski definition) is 14. The molecule has 1 heterocycles. The zero-order chi connectivity index (χ0) is 44.9. The summed E-state index contributed by atoms with van der Waals surface area (Å²) in [7, 11) is 0. The first kappa shape index (κ1) is 45.1. The van der Waals surface area contributed by atoms with Crippen LogP contribution in [0.15, 0.2) is 71.8 Å². The number of benzene rings is 2. The number of fused-ring (bicyclic) bond motifs is 5. The molecule has 15 nitrogen and oxygen atoms in total. The number of rotatable bonds is 10. The summed E-state index contributed by atoms with van der Waals surface area (Å²) in [5.41, 5.74) is -6.77. The normalized spacial score (nSPS) is 33.7. The highest BCUT2D eigenvalue weighted by Crippen LogP contribution is 2.64. The van der Waals surface area contributed by atoms with Crippen LogP contribution in [0.5, 0.6) is 0 Å². The molecule has 15 heteroatoms. The van der Waals surface area contributed by atoms with Crippen molar-refractivity contribution in [2.75, 3.05) is 6.61 Å². The summed E-state index contributed by atoms with van der Waals surface area (Å²) in [4.78, 5) is 83.7. The Bertz CT molecular complexity index is 2120. The van der Waals surface area contributed by atoms with Gasteiger partial charge in [0.15, 0.2) is 23.6 Å². The third-order valence-corrected chi connectivity index (χ3v) is 14.4. The van der Waals surface area contributed by atoms with Crippen LogP contribution in [-0.2, 0) is 47.7 Å². The second-order valence-corrected chi connectivity index (χ2v) is 18.4. The molecule has 7 rings (SSSR count). The van der Waals surface area contributed by atoms with Crippen molar-refractivity contribution in [3.63, 3.8) is 0 Å². The maximum atomic E-state index is 15.5. The van der Waals surface area contributed by atoms with Gasteiger partial charge >= 0.3 is 23.9 Å². The summed E-state index contributed by atoms with van der Waals surface area (Å²) in [5, 5.41) is 40.4. The second-order valence-electron chi connectivity index (χ2n) is 18.4. The van der Waals surface area contributed by atoms with Gasteiger partial charge in [-0.3, -0.25) is 24.0 Å². The molecule has 2 bridgehead atoms. The highest BCUT2D eigenvalue weighted by atomic mass is 16.6. The maximum Gasteiger partial charge on any atom is 0.338 e. The number of aliphatic hydroxyl groups is 3. The number of ether oxygens (including phenoxy) is 5. The van der Waals surface area contributed by atoms with E-state index in [0.29, 0.717) is 18.4 Å². The number of esters is 4. The lowest BCUT2D eigenvalue weighted by molar-refractivity contribution is -0.347. The van der Waals surface area contributed by atoms with Crippen LogP contribution in [0.1, 0.15) is 108 Å². The van der Waals surface area contributed by atoms with Crippen LogP contribution in [0, 0.1) is 22.7 Å². The predicted molar refractivity (Wildman–Crippen MR) is 218 cm³/mol. The minimum atomic E-state index is -2.32. The van der Waals surface area contributed by atoms with Gasteiger partial charge < -0.3 is 44.3 Å². The van der Waals surface area contributed by atoms with Crippen molar-refractivity contribution in [3.8, 4) is 0 Å². The summed E-state index contributed by atoms with van der Waals surface area (Å²) >= 11 is 0. The molecule has 5 aliphatic rings. The molecule has 62 heavy (non-hydrogen) atoms. The molecule has 1 aliphatic heterocycles. The maximum absolute atomic E-state index is 15.5. The van der Waals surface area contributed by atoms with Gasteiger partial charge in [-0.15, -0.1) is 0 Å². The van der Waals surface area contributed by atoms with Gasteiger partial charge in [0.05, 0.1) is 36.0 Å². The van der Waals surface area contributed by atoms with Crippen LogP contribution >= 0.6 is 0 Å². The number of Topliss-reactive ketones (excluding diaryl/α,β-unsaturated/α-hetero) is 1. The van der Waals surface area contributed by atoms with E-state index in [1.807, 2.05) is 0 Å². The molecule has 1 amide bonds. The van der Waals surface area contributed by atoms with Crippen molar-refractivity contribution >= 4 is 35.6 Å². The van der Waals surface area contributed by atoms with Crippen molar-refractivity contribution in [1.29, 1.82) is 0 Å². The Labute approximate surface area is 360 Å². The fourth-order valence-corrected chi connectivity index (χ4v) is 11.0. The van der Waals surface area contributed by atoms with E-state index in [2.05, 4.69) is 5.32 Å². The van der Waals surface area contributed by atoms with E-state index < -0.39 is 119 Å². The molecule has 1 unspecified atom stereocenters. The largest absolute Gasteiger partial charge is 0.459 e. The zero-order valence-electron chi connectivity index (χ0n) is 36.0. The fourth-order valence-electron chi connectivity index (χ4n) is 11.0. The van der Waals surface area contributed by atoms with Gasteiger partial charge in [-0.05, 0) is 55.5 Å². The lowest BCUT2D eigenvalue weighted by Gasteiger charge is -2.67. The number of carbonyl (C=O) groups excluding carboxylic acids is 6. The molecule has 2 aromatic rings. The Hall–Kier alpha value is -4.96. The van der Waals surface area contributed by atoms with Crippen molar-refractivity contribution in [2.45, 2.75) is 140 Å². The molecule has 4 N–H and O–H groups in total. The van der Waals surface area contributed by atoms with Crippen LogP contribution in [0.3, 0.4) is 0 Å². The second kappa shape index (κ2) is 17.0. The van der Waals surface area contributed by atoms with Crippen LogP contribution in [0.2, 0.25) is 0 Å². The molecule has 2 aromatic carbocycles. The van der Waals surface area contributed by atoms with E-state index in [9.17, 15) is 39.3 Å². The highest BCUT2D eigenvalue weighted by molar-refractivity contribution is 5.96. The molecule has 3 saturated carbocycles. The van der Waals surface area contributed by atoms with Crippen molar-refractivity contribution in [1.82, 2.24) is 5.32 Å². The van der Waals surface area contributed by atoms with Gasteiger partial charge in [-0.2, -0.15) is 0 Å². The van der Waals surface area contributed by atoms with Crippen LogP contribution in [-0.4, -0.2) is 105 Å². The van der Waals surface area contributed by atoms with Gasteiger partial charge in [-0.25, -0.2) is 4.79 Å². The fraction of sp³-hybridized carbons (Fsp3) is 0.574. The predicted octanol–water partition coefficient (Wildman–Crippen LogP) is 4.00.